The van der Waals surface area contributed by atoms with Crippen molar-refractivity contribution in [3.63, 3.8) is 0 Å². The fourth-order valence-electron chi connectivity index (χ4n) is 3.12. The molecule has 1 atom stereocenters. The first kappa shape index (κ1) is 18.5. The second-order valence-electron chi connectivity index (χ2n) is 6.12. The monoisotopic (exact) mass is 367 g/mol. The maximum Gasteiger partial charge on any atom is 0.342 e. The van der Waals surface area contributed by atoms with Crippen molar-refractivity contribution in [3.05, 3.63) is 59.3 Å². The van der Waals surface area contributed by atoms with Gasteiger partial charge in [0.05, 0.1) is 14.2 Å². The first-order chi connectivity index (χ1) is 13.0. The van der Waals surface area contributed by atoms with Crippen LogP contribution in [0.3, 0.4) is 0 Å². The van der Waals surface area contributed by atoms with Crippen molar-refractivity contribution in [2.24, 2.45) is 0 Å². The molecule has 0 fully saturated rings. The van der Waals surface area contributed by atoms with E-state index >= 15 is 0 Å². The lowest BCUT2D eigenvalue weighted by Gasteiger charge is -2.15. The number of H-pyrrole nitrogens is 1. The summed E-state index contributed by atoms with van der Waals surface area (Å²) in [4.78, 5) is 28.7. The van der Waals surface area contributed by atoms with Gasteiger partial charge in [-0.15, -0.1) is 0 Å². The largest absolute Gasteiger partial charge is 0.493 e. The van der Waals surface area contributed by atoms with Crippen molar-refractivity contribution in [1.29, 1.82) is 0 Å². The highest BCUT2D eigenvalue weighted by Crippen LogP contribution is 2.31. The Labute approximate surface area is 157 Å². The standard InChI is InChI=1S/C21H21NO5/c1-12-18(14-8-5-6-10-16(14)22-12)19(23)13(2)27-21(24)15-9-7-11-17(25-3)20(15)26-4/h5-11,13,22H,1-4H3/t13-/m0/s1. The number of fused-ring (bicyclic) bond motifs is 1. The van der Waals surface area contributed by atoms with Gasteiger partial charge in [-0.05, 0) is 32.0 Å². The van der Waals surface area contributed by atoms with Crippen LogP contribution < -0.4 is 9.47 Å². The van der Waals surface area contributed by atoms with Gasteiger partial charge in [0.25, 0.3) is 0 Å². The summed E-state index contributed by atoms with van der Waals surface area (Å²) in [6, 6.07) is 12.4. The van der Waals surface area contributed by atoms with Gasteiger partial charge in [0.15, 0.2) is 17.6 Å². The third kappa shape index (κ3) is 3.38. The van der Waals surface area contributed by atoms with Gasteiger partial charge in [0.1, 0.15) is 5.56 Å². The summed E-state index contributed by atoms with van der Waals surface area (Å²) in [7, 11) is 2.93. The third-order valence-electron chi connectivity index (χ3n) is 4.42. The van der Waals surface area contributed by atoms with E-state index in [-0.39, 0.29) is 17.1 Å². The van der Waals surface area contributed by atoms with E-state index in [1.165, 1.54) is 14.2 Å². The molecule has 0 aliphatic carbocycles. The fourth-order valence-corrected chi connectivity index (χ4v) is 3.12. The fraction of sp³-hybridized carbons (Fsp3) is 0.238. The highest BCUT2D eigenvalue weighted by Gasteiger charge is 2.26. The molecule has 0 saturated carbocycles. The highest BCUT2D eigenvalue weighted by atomic mass is 16.6. The number of hydrogen-bond donors (Lipinski definition) is 1. The van der Waals surface area contributed by atoms with Gasteiger partial charge in [-0.2, -0.15) is 0 Å². The number of ketones is 1. The maximum absolute atomic E-state index is 12.9. The van der Waals surface area contributed by atoms with Crippen molar-refractivity contribution >= 4 is 22.7 Å². The normalized spacial score (nSPS) is 11.9. The lowest BCUT2D eigenvalue weighted by molar-refractivity contribution is 0.0315. The molecule has 140 valence electrons. The Bertz CT molecular complexity index is 1000. The van der Waals surface area contributed by atoms with Crippen LogP contribution in [0.2, 0.25) is 0 Å². The molecule has 3 aromatic rings. The van der Waals surface area contributed by atoms with Crippen LogP contribution in [0.25, 0.3) is 10.9 Å². The second kappa shape index (κ2) is 7.53. The SMILES string of the molecule is COc1cccc(C(=O)O[C@@H](C)C(=O)c2c(C)[nH]c3ccccc23)c1OC. The van der Waals surface area contributed by atoms with E-state index in [9.17, 15) is 9.59 Å². The predicted octanol–water partition coefficient (Wildman–Crippen LogP) is 3.92. The minimum absolute atomic E-state index is 0.201. The van der Waals surface area contributed by atoms with E-state index in [0.29, 0.717) is 11.3 Å². The Morgan fingerprint density at radius 2 is 1.74 bits per heavy atom. The van der Waals surface area contributed by atoms with Crippen molar-refractivity contribution in [2.75, 3.05) is 14.2 Å². The summed E-state index contributed by atoms with van der Waals surface area (Å²) in [6.45, 7) is 3.39. The average Bonchev–Trinajstić information content (AvgIpc) is 3.01. The van der Waals surface area contributed by atoms with E-state index in [2.05, 4.69) is 4.98 Å². The van der Waals surface area contributed by atoms with Gasteiger partial charge in [-0.1, -0.05) is 24.3 Å². The summed E-state index contributed by atoms with van der Waals surface area (Å²) in [5.74, 6) is -0.226. The van der Waals surface area contributed by atoms with Crippen LogP contribution in [-0.4, -0.2) is 37.1 Å². The molecule has 0 bridgehead atoms. The number of carbonyl (C=O) groups is 2. The minimum atomic E-state index is -0.952. The number of rotatable bonds is 6. The lowest BCUT2D eigenvalue weighted by Crippen LogP contribution is -2.25. The van der Waals surface area contributed by atoms with Gasteiger partial charge < -0.3 is 19.2 Å². The summed E-state index contributed by atoms with van der Waals surface area (Å²) in [6.07, 6.45) is -0.952. The molecule has 0 unspecified atom stereocenters. The van der Waals surface area contributed by atoms with Crippen LogP contribution in [0.1, 0.15) is 33.3 Å². The Morgan fingerprint density at radius 1 is 1.00 bits per heavy atom. The predicted molar refractivity (Wildman–Crippen MR) is 102 cm³/mol. The van der Waals surface area contributed by atoms with E-state index in [1.807, 2.05) is 31.2 Å². The molecule has 0 amide bonds. The Balaban J connectivity index is 1.87. The molecule has 6 heteroatoms. The zero-order chi connectivity index (χ0) is 19.6. The number of aromatic nitrogens is 1. The van der Waals surface area contributed by atoms with Crippen LogP contribution >= 0.6 is 0 Å². The zero-order valence-corrected chi connectivity index (χ0v) is 15.7. The number of aromatic amines is 1. The average molecular weight is 367 g/mol. The van der Waals surface area contributed by atoms with E-state index in [4.69, 9.17) is 14.2 Å². The van der Waals surface area contributed by atoms with Crippen LogP contribution in [0.5, 0.6) is 11.5 Å². The molecule has 1 N–H and O–H groups in total. The number of ether oxygens (including phenoxy) is 3. The summed E-state index contributed by atoms with van der Waals surface area (Å²) in [5, 5.41) is 0.807. The lowest BCUT2D eigenvalue weighted by atomic mass is 10.0. The van der Waals surface area contributed by atoms with Crippen LogP contribution in [0.4, 0.5) is 0 Å². The molecule has 27 heavy (non-hydrogen) atoms. The molecule has 6 nitrogen and oxygen atoms in total. The molecule has 0 radical (unpaired) electrons. The molecule has 2 aromatic carbocycles. The summed E-state index contributed by atoms with van der Waals surface area (Å²) < 4.78 is 15.9. The first-order valence-electron chi connectivity index (χ1n) is 8.51. The number of Topliss-reactive ketones (excluding diaryl/α,β-unsaturated/α-hetero) is 1. The van der Waals surface area contributed by atoms with Crippen LogP contribution in [0, 0.1) is 6.92 Å². The molecule has 1 heterocycles. The third-order valence-corrected chi connectivity index (χ3v) is 4.42. The number of nitrogens with one attached hydrogen (secondary N) is 1. The molecular formula is C21H21NO5. The number of aryl methyl sites for hydroxylation is 1. The van der Waals surface area contributed by atoms with Crippen molar-refractivity contribution < 1.29 is 23.8 Å². The molecule has 0 aliphatic heterocycles. The molecule has 0 saturated heterocycles. The quantitative estimate of drug-likeness (QED) is 0.528. The van der Waals surface area contributed by atoms with Gasteiger partial charge in [0.2, 0.25) is 5.78 Å². The van der Waals surface area contributed by atoms with Crippen molar-refractivity contribution in [1.82, 2.24) is 4.98 Å². The number of esters is 1. The maximum atomic E-state index is 12.9. The molecular weight excluding hydrogens is 346 g/mol. The number of benzene rings is 2. The Morgan fingerprint density at radius 3 is 2.44 bits per heavy atom. The highest BCUT2D eigenvalue weighted by molar-refractivity contribution is 6.11. The topological polar surface area (TPSA) is 77.6 Å². The number of methoxy groups -OCH3 is 2. The van der Waals surface area contributed by atoms with E-state index in [0.717, 1.165) is 16.6 Å². The molecule has 0 spiro atoms. The number of carbonyl (C=O) groups excluding carboxylic acids is 2. The van der Waals surface area contributed by atoms with Gasteiger partial charge >= 0.3 is 5.97 Å². The van der Waals surface area contributed by atoms with E-state index < -0.39 is 12.1 Å². The van der Waals surface area contributed by atoms with Crippen LogP contribution in [-0.2, 0) is 4.74 Å². The smallest absolute Gasteiger partial charge is 0.342 e. The summed E-state index contributed by atoms with van der Waals surface area (Å²) in [5.41, 5.74) is 2.34. The van der Waals surface area contributed by atoms with Gasteiger partial charge in [-0.3, -0.25) is 4.79 Å². The van der Waals surface area contributed by atoms with Crippen molar-refractivity contribution in [2.45, 2.75) is 20.0 Å². The number of para-hydroxylation sites is 2. The van der Waals surface area contributed by atoms with Crippen molar-refractivity contribution in [3.8, 4) is 11.5 Å². The Hall–Kier alpha value is -3.28. The van der Waals surface area contributed by atoms with E-state index in [1.54, 1.807) is 25.1 Å². The Kier molecular flexibility index (Phi) is 5.16. The molecule has 0 aliphatic rings. The van der Waals surface area contributed by atoms with Gasteiger partial charge in [-0.25, -0.2) is 4.79 Å². The second-order valence-corrected chi connectivity index (χ2v) is 6.12. The van der Waals surface area contributed by atoms with Crippen LogP contribution in [0.15, 0.2) is 42.5 Å². The molecule has 1 aromatic heterocycles. The van der Waals surface area contributed by atoms with Gasteiger partial charge in [0, 0.05) is 22.2 Å². The zero-order valence-electron chi connectivity index (χ0n) is 15.7. The molecule has 3 rings (SSSR count). The number of hydrogen-bond acceptors (Lipinski definition) is 5. The summed E-state index contributed by atoms with van der Waals surface area (Å²) >= 11 is 0. The minimum Gasteiger partial charge on any atom is -0.493 e. The first-order valence-corrected chi connectivity index (χ1v) is 8.51.